The molecule has 0 spiro atoms. The molecule has 17 heavy (non-hydrogen) atoms. The molecule has 2 aliphatic rings. The van der Waals surface area contributed by atoms with Crippen molar-refractivity contribution in [1.82, 2.24) is 4.90 Å². The molecule has 0 aromatic carbocycles. The number of carbonyl (C=O) groups is 1. The lowest BCUT2D eigenvalue weighted by atomic mass is 9.96. The Hall–Kier alpha value is -0.830. The predicted octanol–water partition coefficient (Wildman–Crippen LogP) is 3.54. The van der Waals surface area contributed by atoms with Gasteiger partial charge in [0.05, 0.1) is 4.88 Å². The summed E-state index contributed by atoms with van der Waals surface area (Å²) in [5.74, 6) is 1.05. The molecule has 0 N–H and O–H groups in total. The Balaban J connectivity index is 1.75. The van der Waals surface area contributed by atoms with Crippen LogP contribution in [0.15, 0.2) is 17.5 Å². The van der Waals surface area contributed by atoms with Crippen molar-refractivity contribution < 1.29 is 4.79 Å². The predicted molar refractivity (Wildman–Crippen MR) is 70.3 cm³/mol. The Morgan fingerprint density at radius 1 is 1.24 bits per heavy atom. The van der Waals surface area contributed by atoms with Crippen molar-refractivity contribution in [1.29, 1.82) is 0 Å². The zero-order chi connectivity index (χ0) is 11.7. The zero-order valence-corrected chi connectivity index (χ0v) is 10.9. The third-order valence-electron chi connectivity index (χ3n) is 4.24. The average Bonchev–Trinajstić information content (AvgIpc) is 3.09. The first-order valence-electron chi connectivity index (χ1n) is 6.71. The van der Waals surface area contributed by atoms with Gasteiger partial charge in [-0.15, -0.1) is 11.3 Å². The van der Waals surface area contributed by atoms with Crippen molar-refractivity contribution in [3.63, 3.8) is 0 Å². The SMILES string of the molecule is O=C(c1cccs1)N1CCCC1C1CCCC1. The highest BCUT2D eigenvalue weighted by atomic mass is 32.1. The average molecular weight is 249 g/mol. The van der Waals surface area contributed by atoms with Gasteiger partial charge in [0.1, 0.15) is 0 Å². The Bertz CT molecular complexity index is 381. The van der Waals surface area contributed by atoms with Crippen molar-refractivity contribution in [3.05, 3.63) is 22.4 Å². The Kier molecular flexibility index (Phi) is 3.19. The van der Waals surface area contributed by atoms with Crippen LogP contribution in [-0.2, 0) is 0 Å². The Morgan fingerprint density at radius 3 is 2.76 bits per heavy atom. The van der Waals surface area contributed by atoms with E-state index in [1.807, 2.05) is 17.5 Å². The van der Waals surface area contributed by atoms with Gasteiger partial charge in [0.2, 0.25) is 0 Å². The fourth-order valence-electron chi connectivity index (χ4n) is 3.42. The van der Waals surface area contributed by atoms with Gasteiger partial charge in [-0.25, -0.2) is 0 Å². The summed E-state index contributed by atoms with van der Waals surface area (Å²) < 4.78 is 0. The van der Waals surface area contributed by atoms with E-state index in [-0.39, 0.29) is 5.91 Å². The third kappa shape index (κ3) is 2.13. The lowest BCUT2D eigenvalue weighted by molar-refractivity contribution is 0.0694. The van der Waals surface area contributed by atoms with E-state index in [1.165, 1.54) is 38.5 Å². The highest BCUT2D eigenvalue weighted by Gasteiger charge is 2.36. The van der Waals surface area contributed by atoms with Crippen molar-refractivity contribution in [3.8, 4) is 0 Å². The number of rotatable bonds is 2. The second-order valence-corrected chi connectivity index (χ2v) is 6.18. The van der Waals surface area contributed by atoms with Crippen LogP contribution in [0.1, 0.15) is 48.2 Å². The van der Waals surface area contributed by atoms with E-state index < -0.39 is 0 Å². The summed E-state index contributed by atoms with van der Waals surface area (Å²) in [6.07, 6.45) is 7.81. The number of thiophene rings is 1. The molecule has 1 aromatic rings. The first kappa shape index (κ1) is 11.3. The molecular formula is C14H19NOS. The Labute approximate surface area is 107 Å². The number of amides is 1. The van der Waals surface area contributed by atoms with Crippen LogP contribution in [0, 0.1) is 5.92 Å². The van der Waals surface area contributed by atoms with E-state index in [0.29, 0.717) is 6.04 Å². The van der Waals surface area contributed by atoms with E-state index >= 15 is 0 Å². The van der Waals surface area contributed by atoms with Crippen LogP contribution >= 0.6 is 11.3 Å². The molecule has 1 saturated carbocycles. The lowest BCUT2D eigenvalue weighted by Gasteiger charge is -2.29. The summed E-state index contributed by atoms with van der Waals surface area (Å²) in [6, 6.07) is 4.46. The number of hydrogen-bond donors (Lipinski definition) is 0. The van der Waals surface area contributed by atoms with E-state index in [2.05, 4.69) is 4.90 Å². The molecule has 2 nitrogen and oxygen atoms in total. The second-order valence-electron chi connectivity index (χ2n) is 5.23. The highest BCUT2D eigenvalue weighted by molar-refractivity contribution is 7.12. The van der Waals surface area contributed by atoms with E-state index in [4.69, 9.17) is 0 Å². The minimum atomic E-state index is 0.273. The topological polar surface area (TPSA) is 20.3 Å². The van der Waals surface area contributed by atoms with Crippen LogP contribution in [0.5, 0.6) is 0 Å². The summed E-state index contributed by atoms with van der Waals surface area (Å²) in [5.41, 5.74) is 0. The summed E-state index contributed by atoms with van der Waals surface area (Å²) in [4.78, 5) is 15.5. The van der Waals surface area contributed by atoms with E-state index in [0.717, 1.165) is 17.3 Å². The number of nitrogens with zero attached hydrogens (tertiary/aromatic N) is 1. The molecular weight excluding hydrogens is 230 g/mol. The number of hydrogen-bond acceptors (Lipinski definition) is 2. The molecule has 3 rings (SSSR count). The van der Waals surface area contributed by atoms with Gasteiger partial charge in [0.25, 0.3) is 5.91 Å². The van der Waals surface area contributed by atoms with Gasteiger partial charge in [0.15, 0.2) is 0 Å². The number of likely N-dealkylation sites (tertiary alicyclic amines) is 1. The minimum Gasteiger partial charge on any atom is -0.335 e. The van der Waals surface area contributed by atoms with Gasteiger partial charge in [-0.05, 0) is 43.0 Å². The first-order valence-corrected chi connectivity index (χ1v) is 7.59. The summed E-state index contributed by atoms with van der Waals surface area (Å²) in [5, 5.41) is 1.99. The van der Waals surface area contributed by atoms with Crippen molar-refractivity contribution >= 4 is 17.2 Å². The molecule has 1 saturated heterocycles. The Morgan fingerprint density at radius 2 is 2.06 bits per heavy atom. The monoisotopic (exact) mass is 249 g/mol. The standard InChI is InChI=1S/C14H19NOS/c16-14(13-8-4-10-17-13)15-9-3-7-12(15)11-5-1-2-6-11/h4,8,10-12H,1-3,5-7,9H2. The summed E-state index contributed by atoms with van der Waals surface area (Å²) in [7, 11) is 0. The highest BCUT2D eigenvalue weighted by Crippen LogP contribution is 2.36. The largest absolute Gasteiger partial charge is 0.335 e. The van der Waals surface area contributed by atoms with E-state index in [1.54, 1.807) is 11.3 Å². The van der Waals surface area contributed by atoms with Crippen LogP contribution in [0.2, 0.25) is 0 Å². The van der Waals surface area contributed by atoms with Crippen molar-refractivity contribution in [2.75, 3.05) is 6.54 Å². The van der Waals surface area contributed by atoms with Crippen LogP contribution in [0.25, 0.3) is 0 Å². The fourth-order valence-corrected chi connectivity index (χ4v) is 4.10. The van der Waals surface area contributed by atoms with Gasteiger partial charge in [0, 0.05) is 12.6 Å². The summed E-state index contributed by atoms with van der Waals surface area (Å²) in [6.45, 7) is 0.970. The molecule has 2 fully saturated rings. The van der Waals surface area contributed by atoms with Gasteiger partial charge in [-0.1, -0.05) is 18.9 Å². The molecule has 2 heterocycles. The smallest absolute Gasteiger partial charge is 0.264 e. The molecule has 1 atom stereocenters. The van der Waals surface area contributed by atoms with Crippen molar-refractivity contribution in [2.24, 2.45) is 5.92 Å². The van der Waals surface area contributed by atoms with Gasteiger partial charge in [-0.2, -0.15) is 0 Å². The quantitative estimate of drug-likeness (QED) is 0.785. The number of carbonyl (C=O) groups excluding carboxylic acids is 1. The van der Waals surface area contributed by atoms with Crippen LogP contribution < -0.4 is 0 Å². The zero-order valence-electron chi connectivity index (χ0n) is 10.1. The van der Waals surface area contributed by atoms with Crippen LogP contribution in [0.4, 0.5) is 0 Å². The van der Waals surface area contributed by atoms with E-state index in [9.17, 15) is 4.79 Å². The maximum Gasteiger partial charge on any atom is 0.264 e. The van der Waals surface area contributed by atoms with Gasteiger partial charge >= 0.3 is 0 Å². The molecule has 0 radical (unpaired) electrons. The lowest BCUT2D eigenvalue weighted by Crippen LogP contribution is -2.39. The maximum absolute atomic E-state index is 12.4. The fraction of sp³-hybridized carbons (Fsp3) is 0.643. The van der Waals surface area contributed by atoms with Gasteiger partial charge < -0.3 is 4.90 Å². The van der Waals surface area contributed by atoms with Gasteiger partial charge in [-0.3, -0.25) is 4.79 Å². The molecule has 0 bridgehead atoms. The second kappa shape index (κ2) is 4.81. The van der Waals surface area contributed by atoms with Crippen LogP contribution in [-0.4, -0.2) is 23.4 Å². The summed E-state index contributed by atoms with van der Waals surface area (Å²) >= 11 is 1.57. The van der Waals surface area contributed by atoms with Crippen molar-refractivity contribution in [2.45, 2.75) is 44.6 Å². The normalized spacial score (nSPS) is 25.6. The molecule has 92 valence electrons. The molecule has 1 aliphatic carbocycles. The molecule has 1 amide bonds. The maximum atomic E-state index is 12.4. The molecule has 1 aromatic heterocycles. The third-order valence-corrected chi connectivity index (χ3v) is 5.09. The molecule has 1 aliphatic heterocycles. The van der Waals surface area contributed by atoms with Crippen LogP contribution in [0.3, 0.4) is 0 Å². The molecule has 3 heteroatoms. The first-order chi connectivity index (χ1) is 8.36. The minimum absolute atomic E-state index is 0.273. The molecule has 1 unspecified atom stereocenters.